The summed E-state index contributed by atoms with van der Waals surface area (Å²) in [4.78, 5) is 2.42. The lowest BCUT2D eigenvalue weighted by Gasteiger charge is -1.94. The maximum Gasteiger partial charge on any atom is 0.115 e. The maximum absolute atomic E-state index is 8.78. The molecule has 0 atom stereocenters. The van der Waals surface area contributed by atoms with Gasteiger partial charge in [0, 0.05) is 17.5 Å². The summed E-state index contributed by atoms with van der Waals surface area (Å²) < 4.78 is 0. The lowest BCUT2D eigenvalue weighted by molar-refractivity contribution is 0.475. The quantitative estimate of drug-likeness (QED) is 0.465. The van der Waals surface area contributed by atoms with Crippen molar-refractivity contribution in [3.05, 3.63) is 24.3 Å². The van der Waals surface area contributed by atoms with Crippen molar-refractivity contribution in [1.29, 1.82) is 0 Å². The first-order valence-corrected chi connectivity index (χ1v) is 2.86. The highest BCUT2D eigenvalue weighted by Crippen LogP contribution is 2.13. The summed E-state index contributed by atoms with van der Waals surface area (Å²) in [6.45, 7) is 0. The van der Waals surface area contributed by atoms with Crippen LogP contribution in [0.2, 0.25) is 0 Å². The molecule has 0 amide bonds. The number of benzene rings is 1. The van der Waals surface area contributed by atoms with Crippen LogP contribution in [0.4, 0.5) is 5.69 Å². The molecule has 2 nitrogen and oxygen atoms in total. The molecule has 1 rings (SSSR count). The van der Waals surface area contributed by atoms with Gasteiger partial charge in [-0.1, -0.05) is 0 Å². The van der Waals surface area contributed by atoms with Crippen LogP contribution in [0.1, 0.15) is 0 Å². The maximum atomic E-state index is 8.78. The Bertz CT molecular complexity index is 185. The van der Waals surface area contributed by atoms with Crippen molar-refractivity contribution in [3.63, 3.8) is 0 Å². The molecule has 0 radical (unpaired) electrons. The van der Waals surface area contributed by atoms with Gasteiger partial charge >= 0.3 is 0 Å². The SMILES string of the molecule is Oc1ccc(NCl)cc1. The van der Waals surface area contributed by atoms with Crippen molar-refractivity contribution in [3.8, 4) is 5.75 Å². The van der Waals surface area contributed by atoms with E-state index >= 15 is 0 Å². The molecule has 0 aliphatic carbocycles. The van der Waals surface area contributed by atoms with E-state index in [-0.39, 0.29) is 5.75 Å². The first kappa shape index (κ1) is 6.23. The van der Waals surface area contributed by atoms with E-state index in [1.165, 1.54) is 0 Å². The second-order valence-electron chi connectivity index (χ2n) is 1.64. The third-order valence-electron chi connectivity index (χ3n) is 0.976. The van der Waals surface area contributed by atoms with Crippen molar-refractivity contribution in [2.75, 3.05) is 4.84 Å². The molecule has 0 heterocycles. The molecule has 1 aromatic rings. The Kier molecular flexibility index (Phi) is 1.80. The van der Waals surface area contributed by atoms with Gasteiger partial charge < -0.3 is 5.11 Å². The zero-order valence-corrected chi connectivity index (χ0v) is 5.39. The molecule has 0 spiro atoms. The Labute approximate surface area is 58.2 Å². The van der Waals surface area contributed by atoms with Gasteiger partial charge in [0.15, 0.2) is 0 Å². The van der Waals surface area contributed by atoms with Crippen LogP contribution in [0, 0.1) is 0 Å². The predicted molar refractivity (Wildman–Crippen MR) is 37.6 cm³/mol. The van der Waals surface area contributed by atoms with E-state index in [0.29, 0.717) is 0 Å². The summed E-state index contributed by atoms with van der Waals surface area (Å²) >= 11 is 5.25. The zero-order chi connectivity index (χ0) is 6.69. The Morgan fingerprint density at radius 2 is 1.78 bits per heavy atom. The molecule has 0 fully saturated rings. The van der Waals surface area contributed by atoms with Crippen LogP contribution >= 0.6 is 11.8 Å². The van der Waals surface area contributed by atoms with Crippen LogP contribution in [0.15, 0.2) is 24.3 Å². The van der Waals surface area contributed by atoms with Crippen LogP contribution < -0.4 is 4.84 Å². The van der Waals surface area contributed by atoms with Crippen LogP contribution in [0.5, 0.6) is 5.75 Å². The second-order valence-corrected chi connectivity index (χ2v) is 1.83. The summed E-state index contributed by atoms with van der Waals surface area (Å²) in [6.07, 6.45) is 0. The minimum absolute atomic E-state index is 0.241. The van der Waals surface area contributed by atoms with E-state index in [2.05, 4.69) is 4.84 Å². The standard InChI is InChI=1S/C6H6ClNO/c7-8-5-1-3-6(9)4-2-5/h1-4,8-9H. The molecule has 0 bridgehead atoms. The van der Waals surface area contributed by atoms with Crippen LogP contribution in [-0.2, 0) is 0 Å². The molecule has 0 saturated carbocycles. The third-order valence-corrected chi connectivity index (χ3v) is 1.19. The molecule has 9 heavy (non-hydrogen) atoms. The average Bonchev–Trinajstić information content (AvgIpc) is 1.90. The van der Waals surface area contributed by atoms with Gasteiger partial charge in [-0.3, -0.25) is 4.84 Å². The number of aromatic hydroxyl groups is 1. The predicted octanol–water partition coefficient (Wildman–Crippen LogP) is 1.96. The van der Waals surface area contributed by atoms with Crippen molar-refractivity contribution in [1.82, 2.24) is 0 Å². The number of phenols is 1. The van der Waals surface area contributed by atoms with Crippen molar-refractivity contribution < 1.29 is 5.11 Å². The minimum atomic E-state index is 0.241. The Morgan fingerprint density at radius 1 is 1.22 bits per heavy atom. The molecule has 0 aliphatic rings. The second kappa shape index (κ2) is 2.60. The molecule has 3 heteroatoms. The average molecular weight is 144 g/mol. The molecule has 0 unspecified atom stereocenters. The molecule has 0 aromatic heterocycles. The fourth-order valence-electron chi connectivity index (χ4n) is 0.524. The molecular weight excluding hydrogens is 138 g/mol. The normalized spacial score (nSPS) is 9.00. The third kappa shape index (κ3) is 1.50. The number of halogens is 1. The largest absolute Gasteiger partial charge is 0.508 e. The van der Waals surface area contributed by atoms with Crippen molar-refractivity contribution >= 4 is 17.5 Å². The van der Waals surface area contributed by atoms with Gasteiger partial charge in [-0.2, -0.15) is 0 Å². The first-order valence-electron chi connectivity index (χ1n) is 2.48. The molecule has 2 N–H and O–H groups in total. The van der Waals surface area contributed by atoms with Gasteiger partial charge in [-0.25, -0.2) is 0 Å². The topological polar surface area (TPSA) is 32.3 Å². The smallest absolute Gasteiger partial charge is 0.115 e. The van der Waals surface area contributed by atoms with E-state index in [1.807, 2.05) is 0 Å². The van der Waals surface area contributed by atoms with Crippen LogP contribution in [0.25, 0.3) is 0 Å². The number of hydrogen-bond donors (Lipinski definition) is 2. The monoisotopic (exact) mass is 143 g/mol. The lowest BCUT2D eigenvalue weighted by atomic mass is 10.3. The summed E-state index contributed by atoms with van der Waals surface area (Å²) in [5.41, 5.74) is 0.773. The lowest BCUT2D eigenvalue weighted by Crippen LogP contribution is -1.76. The van der Waals surface area contributed by atoms with Gasteiger partial charge in [0.05, 0.1) is 0 Å². The van der Waals surface area contributed by atoms with E-state index in [0.717, 1.165) is 5.69 Å². The van der Waals surface area contributed by atoms with E-state index in [4.69, 9.17) is 16.9 Å². The molecule has 1 aromatic carbocycles. The summed E-state index contributed by atoms with van der Waals surface area (Å²) in [7, 11) is 0. The van der Waals surface area contributed by atoms with Gasteiger partial charge in [0.25, 0.3) is 0 Å². The Morgan fingerprint density at radius 3 is 2.22 bits per heavy atom. The van der Waals surface area contributed by atoms with E-state index < -0.39 is 0 Å². The van der Waals surface area contributed by atoms with Gasteiger partial charge in [-0.15, -0.1) is 0 Å². The molecule has 0 aliphatic heterocycles. The van der Waals surface area contributed by atoms with Gasteiger partial charge in [0.2, 0.25) is 0 Å². The summed E-state index contributed by atoms with van der Waals surface area (Å²) in [6, 6.07) is 6.49. The highest BCUT2D eigenvalue weighted by atomic mass is 35.5. The number of phenolic OH excluding ortho intramolecular Hbond substituents is 1. The van der Waals surface area contributed by atoms with E-state index in [1.54, 1.807) is 24.3 Å². The fourth-order valence-corrected chi connectivity index (χ4v) is 0.650. The Hall–Kier alpha value is -0.890. The highest BCUT2D eigenvalue weighted by Gasteiger charge is 1.86. The number of anilines is 1. The molecule has 0 saturated heterocycles. The fraction of sp³-hybridized carbons (Fsp3) is 0. The van der Waals surface area contributed by atoms with Crippen molar-refractivity contribution in [2.45, 2.75) is 0 Å². The number of nitrogens with one attached hydrogen (secondary N) is 1. The highest BCUT2D eigenvalue weighted by molar-refractivity contribution is 6.23. The number of rotatable bonds is 1. The Balaban J connectivity index is 2.88. The number of hydrogen-bond acceptors (Lipinski definition) is 2. The summed E-state index contributed by atoms with van der Waals surface area (Å²) in [5.74, 6) is 0.241. The van der Waals surface area contributed by atoms with Gasteiger partial charge in [-0.05, 0) is 24.3 Å². The molecular formula is C6H6ClNO. The van der Waals surface area contributed by atoms with Gasteiger partial charge in [0.1, 0.15) is 5.75 Å². The van der Waals surface area contributed by atoms with Crippen LogP contribution in [0.3, 0.4) is 0 Å². The molecule has 48 valence electrons. The van der Waals surface area contributed by atoms with E-state index in [9.17, 15) is 0 Å². The minimum Gasteiger partial charge on any atom is -0.508 e. The van der Waals surface area contributed by atoms with Crippen molar-refractivity contribution in [2.24, 2.45) is 0 Å². The first-order chi connectivity index (χ1) is 4.33. The zero-order valence-electron chi connectivity index (χ0n) is 4.63. The summed E-state index contributed by atoms with van der Waals surface area (Å²) in [5, 5.41) is 8.78. The van der Waals surface area contributed by atoms with Crippen LogP contribution in [-0.4, -0.2) is 5.11 Å².